The summed E-state index contributed by atoms with van der Waals surface area (Å²) >= 11 is 0. The van der Waals surface area contributed by atoms with Gasteiger partial charge in [0.1, 0.15) is 5.75 Å². The van der Waals surface area contributed by atoms with Crippen LogP contribution in [0.25, 0.3) is 0 Å². The minimum Gasteiger partial charge on any atom is -0.496 e. The lowest BCUT2D eigenvalue weighted by Crippen LogP contribution is -2.15. The van der Waals surface area contributed by atoms with Gasteiger partial charge in [-0.05, 0) is 42.5 Å². The number of nitrogens with one attached hydrogen (secondary N) is 2. The minimum absolute atomic E-state index is 0.160. The number of hydrogen-bond donors (Lipinski definition) is 2. The molecule has 0 aliphatic rings. The summed E-state index contributed by atoms with van der Waals surface area (Å²) in [5, 5.41) is 5.58. The number of methoxy groups -OCH3 is 1. The van der Waals surface area contributed by atoms with Crippen LogP contribution in [0.4, 0.5) is 11.4 Å². The second kappa shape index (κ2) is 8.62. The number of hydrogen-bond acceptors (Lipinski definition) is 4. The van der Waals surface area contributed by atoms with E-state index in [1.54, 1.807) is 55.9 Å². The monoisotopic (exact) mass is 361 g/mol. The molecule has 0 spiro atoms. The van der Waals surface area contributed by atoms with Crippen LogP contribution >= 0.6 is 0 Å². The zero-order valence-electron chi connectivity index (χ0n) is 14.8. The number of para-hydroxylation sites is 1. The van der Waals surface area contributed by atoms with Crippen molar-refractivity contribution in [2.45, 2.75) is 6.42 Å². The number of anilines is 2. The molecule has 2 aromatic carbocycles. The molecule has 1 heterocycles. The van der Waals surface area contributed by atoms with Gasteiger partial charge < -0.3 is 15.4 Å². The van der Waals surface area contributed by atoms with E-state index in [9.17, 15) is 9.59 Å². The molecule has 0 fully saturated rings. The number of pyridine rings is 1. The smallest absolute Gasteiger partial charge is 0.255 e. The van der Waals surface area contributed by atoms with Crippen molar-refractivity contribution >= 4 is 23.2 Å². The molecule has 27 heavy (non-hydrogen) atoms. The average molecular weight is 361 g/mol. The summed E-state index contributed by atoms with van der Waals surface area (Å²) in [6.07, 6.45) is 3.41. The zero-order chi connectivity index (χ0) is 19.1. The number of carbonyl (C=O) groups is 2. The molecule has 2 N–H and O–H groups in total. The topological polar surface area (TPSA) is 80.3 Å². The van der Waals surface area contributed by atoms with Crippen LogP contribution in [-0.4, -0.2) is 23.9 Å². The molecule has 6 nitrogen and oxygen atoms in total. The van der Waals surface area contributed by atoms with Crippen molar-refractivity contribution in [3.63, 3.8) is 0 Å². The Kier molecular flexibility index (Phi) is 5.79. The van der Waals surface area contributed by atoms with E-state index >= 15 is 0 Å². The first kappa shape index (κ1) is 18.1. The van der Waals surface area contributed by atoms with Crippen molar-refractivity contribution in [3.8, 4) is 5.75 Å². The standard InChI is InChI=1S/C21H19N3O3/c1-27-19-7-3-2-5-16(19)13-20(25)23-17-10-8-15(9-11-17)21(26)24-18-6-4-12-22-14-18/h2-12,14H,13H2,1H3,(H,23,25)(H,24,26). The lowest BCUT2D eigenvalue weighted by atomic mass is 10.1. The van der Waals surface area contributed by atoms with Crippen LogP contribution in [0.3, 0.4) is 0 Å². The van der Waals surface area contributed by atoms with Crippen molar-refractivity contribution in [2.24, 2.45) is 0 Å². The minimum atomic E-state index is -0.241. The van der Waals surface area contributed by atoms with Gasteiger partial charge in [0.15, 0.2) is 0 Å². The summed E-state index contributed by atoms with van der Waals surface area (Å²) in [5.41, 5.74) is 2.54. The lowest BCUT2D eigenvalue weighted by Gasteiger charge is -2.09. The second-order valence-electron chi connectivity index (χ2n) is 5.81. The highest BCUT2D eigenvalue weighted by Gasteiger charge is 2.10. The Bertz CT molecular complexity index is 925. The Morgan fingerprint density at radius 1 is 0.926 bits per heavy atom. The van der Waals surface area contributed by atoms with Gasteiger partial charge in [-0.25, -0.2) is 0 Å². The molecule has 1 aromatic heterocycles. The number of ether oxygens (including phenoxy) is 1. The normalized spacial score (nSPS) is 10.1. The Hall–Kier alpha value is -3.67. The van der Waals surface area contributed by atoms with E-state index in [0.717, 1.165) is 5.56 Å². The summed E-state index contributed by atoms with van der Waals surface area (Å²) in [6, 6.07) is 17.6. The largest absolute Gasteiger partial charge is 0.496 e. The highest BCUT2D eigenvalue weighted by molar-refractivity contribution is 6.04. The summed E-state index contributed by atoms with van der Waals surface area (Å²) in [7, 11) is 1.58. The van der Waals surface area contributed by atoms with E-state index in [2.05, 4.69) is 15.6 Å². The summed E-state index contributed by atoms with van der Waals surface area (Å²) in [6.45, 7) is 0. The van der Waals surface area contributed by atoms with E-state index in [1.165, 1.54) is 0 Å². The number of amides is 2. The molecule has 3 rings (SSSR count). The first-order valence-electron chi connectivity index (χ1n) is 8.39. The van der Waals surface area contributed by atoms with Crippen LogP contribution in [0.2, 0.25) is 0 Å². The third-order valence-electron chi connectivity index (χ3n) is 3.89. The Morgan fingerprint density at radius 3 is 2.41 bits per heavy atom. The zero-order valence-corrected chi connectivity index (χ0v) is 14.8. The Labute approximate surface area is 157 Å². The first-order chi connectivity index (χ1) is 13.2. The fourth-order valence-corrected chi connectivity index (χ4v) is 2.57. The molecule has 136 valence electrons. The Balaban J connectivity index is 1.60. The molecule has 0 saturated heterocycles. The molecule has 0 bridgehead atoms. The molecular formula is C21H19N3O3. The molecule has 0 aliphatic carbocycles. The maximum Gasteiger partial charge on any atom is 0.255 e. The number of nitrogens with zero attached hydrogens (tertiary/aromatic N) is 1. The molecule has 6 heteroatoms. The molecule has 0 aliphatic heterocycles. The van der Waals surface area contributed by atoms with Crippen LogP contribution in [0.5, 0.6) is 5.75 Å². The lowest BCUT2D eigenvalue weighted by molar-refractivity contribution is -0.115. The van der Waals surface area contributed by atoms with Crippen LogP contribution in [0.1, 0.15) is 15.9 Å². The number of aromatic nitrogens is 1. The molecular weight excluding hydrogens is 342 g/mol. The first-order valence-corrected chi connectivity index (χ1v) is 8.39. The van der Waals surface area contributed by atoms with Crippen molar-refractivity contribution in [1.82, 2.24) is 4.98 Å². The van der Waals surface area contributed by atoms with E-state index in [0.29, 0.717) is 22.7 Å². The van der Waals surface area contributed by atoms with Crippen LogP contribution in [-0.2, 0) is 11.2 Å². The van der Waals surface area contributed by atoms with E-state index < -0.39 is 0 Å². The third-order valence-corrected chi connectivity index (χ3v) is 3.89. The average Bonchev–Trinajstić information content (AvgIpc) is 2.69. The van der Waals surface area contributed by atoms with E-state index in [4.69, 9.17) is 4.74 Å². The van der Waals surface area contributed by atoms with Gasteiger partial charge in [0, 0.05) is 23.0 Å². The van der Waals surface area contributed by atoms with E-state index in [1.807, 2.05) is 24.3 Å². The van der Waals surface area contributed by atoms with Gasteiger partial charge in [0.05, 0.1) is 25.4 Å². The van der Waals surface area contributed by atoms with Gasteiger partial charge in [-0.15, -0.1) is 0 Å². The fraction of sp³-hybridized carbons (Fsp3) is 0.0952. The van der Waals surface area contributed by atoms with Gasteiger partial charge in [-0.1, -0.05) is 18.2 Å². The predicted octanol–water partition coefficient (Wildman–Crippen LogP) is 3.52. The molecule has 3 aromatic rings. The Morgan fingerprint density at radius 2 is 1.70 bits per heavy atom. The quantitative estimate of drug-likeness (QED) is 0.704. The van der Waals surface area contributed by atoms with Gasteiger partial charge >= 0.3 is 0 Å². The van der Waals surface area contributed by atoms with E-state index in [-0.39, 0.29) is 18.2 Å². The van der Waals surface area contributed by atoms with Crippen LogP contribution in [0.15, 0.2) is 73.1 Å². The molecule has 0 atom stereocenters. The van der Waals surface area contributed by atoms with Crippen LogP contribution in [0, 0.1) is 0 Å². The number of rotatable bonds is 6. The van der Waals surface area contributed by atoms with Crippen molar-refractivity contribution < 1.29 is 14.3 Å². The van der Waals surface area contributed by atoms with Crippen molar-refractivity contribution in [2.75, 3.05) is 17.7 Å². The van der Waals surface area contributed by atoms with Gasteiger partial charge in [-0.3, -0.25) is 14.6 Å². The molecule has 0 saturated carbocycles. The highest BCUT2D eigenvalue weighted by Crippen LogP contribution is 2.19. The maximum absolute atomic E-state index is 12.3. The van der Waals surface area contributed by atoms with Gasteiger partial charge in [0.2, 0.25) is 5.91 Å². The molecule has 2 amide bonds. The summed E-state index contributed by atoms with van der Waals surface area (Å²) in [5.74, 6) is 0.275. The predicted molar refractivity (Wildman–Crippen MR) is 104 cm³/mol. The molecule has 0 unspecified atom stereocenters. The fourth-order valence-electron chi connectivity index (χ4n) is 2.57. The number of benzene rings is 2. The number of carbonyl (C=O) groups excluding carboxylic acids is 2. The third kappa shape index (κ3) is 4.92. The van der Waals surface area contributed by atoms with Crippen molar-refractivity contribution in [3.05, 3.63) is 84.2 Å². The van der Waals surface area contributed by atoms with Crippen LogP contribution < -0.4 is 15.4 Å². The van der Waals surface area contributed by atoms with Gasteiger partial charge in [-0.2, -0.15) is 0 Å². The highest BCUT2D eigenvalue weighted by atomic mass is 16.5. The SMILES string of the molecule is COc1ccccc1CC(=O)Nc1ccc(C(=O)Nc2cccnc2)cc1. The van der Waals surface area contributed by atoms with Crippen molar-refractivity contribution in [1.29, 1.82) is 0 Å². The maximum atomic E-state index is 12.3. The molecule has 0 radical (unpaired) electrons. The second-order valence-corrected chi connectivity index (χ2v) is 5.81. The summed E-state index contributed by atoms with van der Waals surface area (Å²) in [4.78, 5) is 28.4. The van der Waals surface area contributed by atoms with Gasteiger partial charge in [0.25, 0.3) is 5.91 Å². The summed E-state index contributed by atoms with van der Waals surface area (Å²) < 4.78 is 5.26.